The number of aromatic nitrogens is 1. The zero-order valence-corrected chi connectivity index (χ0v) is 11.1. The topological polar surface area (TPSA) is 74.7 Å². The molecule has 0 fully saturated rings. The van der Waals surface area contributed by atoms with E-state index in [4.69, 9.17) is 10.9 Å². The monoisotopic (exact) mass is 250 g/mol. The third-order valence-electron chi connectivity index (χ3n) is 2.68. The number of hydrogen-bond donors (Lipinski definition) is 2. The lowest BCUT2D eigenvalue weighted by Gasteiger charge is -2.21. The molecule has 0 unspecified atom stereocenters. The number of oxime groups is 1. The van der Waals surface area contributed by atoms with E-state index in [1.807, 2.05) is 12.1 Å². The Morgan fingerprint density at radius 2 is 2.06 bits per heavy atom. The molecule has 0 aromatic carbocycles. The molecule has 0 atom stereocenters. The Labute approximate surface area is 108 Å². The van der Waals surface area contributed by atoms with E-state index in [0.717, 1.165) is 38.0 Å². The number of nitrogens with two attached hydrogens (primary N) is 1. The third-order valence-corrected chi connectivity index (χ3v) is 2.68. The average molecular weight is 250 g/mol. The molecule has 1 heterocycles. The van der Waals surface area contributed by atoms with E-state index in [1.165, 1.54) is 0 Å². The van der Waals surface area contributed by atoms with E-state index in [9.17, 15) is 0 Å². The molecule has 100 valence electrons. The summed E-state index contributed by atoms with van der Waals surface area (Å²) in [6.45, 7) is 7.38. The smallest absolute Gasteiger partial charge is 0.188 e. The normalized spacial score (nSPS) is 12.1. The van der Waals surface area contributed by atoms with Crippen LogP contribution in [0.4, 0.5) is 0 Å². The molecule has 5 heteroatoms. The van der Waals surface area contributed by atoms with Gasteiger partial charge in [-0.25, -0.2) is 0 Å². The molecule has 5 nitrogen and oxygen atoms in total. The van der Waals surface area contributed by atoms with Gasteiger partial charge in [0.15, 0.2) is 5.84 Å². The largest absolute Gasteiger partial charge is 0.409 e. The van der Waals surface area contributed by atoms with E-state index < -0.39 is 0 Å². The van der Waals surface area contributed by atoms with Gasteiger partial charge in [0.2, 0.25) is 0 Å². The minimum atomic E-state index is 0.0504. The van der Waals surface area contributed by atoms with E-state index in [-0.39, 0.29) is 5.84 Å². The molecule has 0 saturated carbocycles. The lowest BCUT2D eigenvalue weighted by Crippen LogP contribution is -2.25. The van der Waals surface area contributed by atoms with Crippen LogP contribution >= 0.6 is 0 Å². The van der Waals surface area contributed by atoms with Crippen LogP contribution in [-0.4, -0.2) is 34.0 Å². The van der Waals surface area contributed by atoms with E-state index in [2.05, 4.69) is 28.9 Å². The van der Waals surface area contributed by atoms with Crippen LogP contribution in [0.25, 0.3) is 0 Å². The van der Waals surface area contributed by atoms with Gasteiger partial charge in [-0.3, -0.25) is 9.88 Å². The van der Waals surface area contributed by atoms with Gasteiger partial charge in [0, 0.05) is 12.7 Å². The molecule has 0 radical (unpaired) electrons. The second-order valence-corrected chi connectivity index (χ2v) is 4.31. The fourth-order valence-corrected chi connectivity index (χ4v) is 1.92. The SMILES string of the molecule is CCCN(CCC)Cc1ccnc(C(N)=NO)c1. The van der Waals surface area contributed by atoms with Crippen molar-refractivity contribution in [3.63, 3.8) is 0 Å². The summed E-state index contributed by atoms with van der Waals surface area (Å²) in [6.07, 6.45) is 3.97. The summed E-state index contributed by atoms with van der Waals surface area (Å²) < 4.78 is 0. The van der Waals surface area contributed by atoms with Crippen LogP contribution in [0.1, 0.15) is 37.9 Å². The molecule has 1 aromatic rings. The van der Waals surface area contributed by atoms with E-state index in [0.29, 0.717) is 5.69 Å². The Hall–Kier alpha value is -1.62. The summed E-state index contributed by atoms with van der Waals surface area (Å²) in [5, 5.41) is 11.6. The zero-order valence-electron chi connectivity index (χ0n) is 11.1. The Morgan fingerprint density at radius 3 is 2.61 bits per heavy atom. The first-order valence-electron chi connectivity index (χ1n) is 6.36. The van der Waals surface area contributed by atoms with Gasteiger partial charge in [0.05, 0.1) is 0 Å². The van der Waals surface area contributed by atoms with Crippen LogP contribution in [0, 0.1) is 0 Å². The standard InChI is InChI=1S/C13H22N4O/c1-3-7-17(8-4-2)10-11-5-6-15-12(9-11)13(14)16-18/h5-6,9,18H,3-4,7-8,10H2,1-2H3,(H2,14,16). The minimum Gasteiger partial charge on any atom is -0.409 e. The molecule has 0 spiro atoms. The summed E-state index contributed by atoms with van der Waals surface area (Å²) in [6, 6.07) is 3.83. The molecular formula is C13H22N4O. The van der Waals surface area contributed by atoms with Crippen LogP contribution in [0.15, 0.2) is 23.5 Å². The van der Waals surface area contributed by atoms with Gasteiger partial charge < -0.3 is 10.9 Å². The highest BCUT2D eigenvalue weighted by Crippen LogP contribution is 2.07. The molecule has 18 heavy (non-hydrogen) atoms. The van der Waals surface area contributed by atoms with Crippen LogP contribution in [0.2, 0.25) is 0 Å². The highest BCUT2D eigenvalue weighted by Gasteiger charge is 2.06. The van der Waals surface area contributed by atoms with Crippen molar-refractivity contribution in [2.45, 2.75) is 33.2 Å². The number of pyridine rings is 1. The van der Waals surface area contributed by atoms with E-state index in [1.54, 1.807) is 6.20 Å². The number of rotatable bonds is 7. The zero-order chi connectivity index (χ0) is 13.4. The van der Waals surface area contributed by atoms with Crippen molar-refractivity contribution >= 4 is 5.84 Å². The summed E-state index contributed by atoms with van der Waals surface area (Å²) in [5.74, 6) is 0.0504. The lowest BCUT2D eigenvalue weighted by molar-refractivity contribution is 0.266. The Balaban J connectivity index is 2.76. The summed E-state index contributed by atoms with van der Waals surface area (Å²) in [5.41, 5.74) is 7.18. The summed E-state index contributed by atoms with van der Waals surface area (Å²) >= 11 is 0. The van der Waals surface area contributed by atoms with Gasteiger partial charge in [0.1, 0.15) is 5.69 Å². The molecule has 0 aliphatic rings. The van der Waals surface area contributed by atoms with Gasteiger partial charge in [-0.2, -0.15) is 0 Å². The molecule has 0 bridgehead atoms. The van der Waals surface area contributed by atoms with Gasteiger partial charge in [0.25, 0.3) is 0 Å². The molecule has 1 aromatic heterocycles. The van der Waals surface area contributed by atoms with Crippen molar-refractivity contribution in [2.75, 3.05) is 13.1 Å². The second-order valence-electron chi connectivity index (χ2n) is 4.31. The van der Waals surface area contributed by atoms with Crippen LogP contribution in [0.5, 0.6) is 0 Å². The maximum absolute atomic E-state index is 8.64. The fourth-order valence-electron chi connectivity index (χ4n) is 1.92. The van der Waals surface area contributed by atoms with Gasteiger partial charge >= 0.3 is 0 Å². The molecular weight excluding hydrogens is 228 g/mol. The van der Waals surface area contributed by atoms with Gasteiger partial charge in [-0.15, -0.1) is 0 Å². The summed E-state index contributed by atoms with van der Waals surface area (Å²) in [4.78, 5) is 6.47. The van der Waals surface area contributed by atoms with Crippen molar-refractivity contribution in [1.82, 2.24) is 9.88 Å². The first-order valence-corrected chi connectivity index (χ1v) is 6.36. The number of hydrogen-bond acceptors (Lipinski definition) is 4. The maximum atomic E-state index is 8.64. The van der Waals surface area contributed by atoms with E-state index >= 15 is 0 Å². The lowest BCUT2D eigenvalue weighted by atomic mass is 10.2. The second kappa shape index (κ2) is 7.66. The van der Waals surface area contributed by atoms with Crippen molar-refractivity contribution in [3.05, 3.63) is 29.6 Å². The molecule has 0 amide bonds. The first-order chi connectivity index (χ1) is 8.71. The van der Waals surface area contributed by atoms with Crippen LogP contribution < -0.4 is 5.73 Å². The fraction of sp³-hybridized carbons (Fsp3) is 0.538. The molecule has 1 rings (SSSR count). The highest BCUT2D eigenvalue weighted by molar-refractivity contribution is 5.95. The number of amidine groups is 1. The quantitative estimate of drug-likeness (QED) is 0.335. The summed E-state index contributed by atoms with van der Waals surface area (Å²) in [7, 11) is 0. The Bertz CT molecular complexity index is 386. The van der Waals surface area contributed by atoms with Gasteiger partial charge in [-0.1, -0.05) is 19.0 Å². The number of nitrogens with zero attached hydrogens (tertiary/aromatic N) is 3. The molecule has 0 aliphatic carbocycles. The van der Waals surface area contributed by atoms with Gasteiger partial charge in [-0.05, 0) is 43.6 Å². The molecule has 0 aliphatic heterocycles. The predicted octanol–water partition coefficient (Wildman–Crippen LogP) is 1.80. The Kier molecular flexibility index (Phi) is 6.14. The molecule has 0 saturated heterocycles. The minimum absolute atomic E-state index is 0.0504. The Morgan fingerprint density at radius 1 is 1.39 bits per heavy atom. The highest BCUT2D eigenvalue weighted by atomic mass is 16.4. The van der Waals surface area contributed by atoms with Crippen molar-refractivity contribution < 1.29 is 5.21 Å². The predicted molar refractivity (Wildman–Crippen MR) is 72.6 cm³/mol. The van der Waals surface area contributed by atoms with Crippen LogP contribution in [-0.2, 0) is 6.54 Å². The maximum Gasteiger partial charge on any atom is 0.188 e. The van der Waals surface area contributed by atoms with Crippen molar-refractivity contribution in [2.24, 2.45) is 10.9 Å². The third kappa shape index (κ3) is 4.33. The first kappa shape index (κ1) is 14.4. The average Bonchev–Trinajstić information content (AvgIpc) is 2.39. The van der Waals surface area contributed by atoms with Crippen molar-refractivity contribution in [3.8, 4) is 0 Å². The van der Waals surface area contributed by atoms with Crippen molar-refractivity contribution in [1.29, 1.82) is 0 Å². The van der Waals surface area contributed by atoms with Crippen LogP contribution in [0.3, 0.4) is 0 Å². The molecule has 3 N–H and O–H groups in total.